The van der Waals surface area contributed by atoms with Crippen molar-refractivity contribution in [1.82, 2.24) is 10.1 Å². The molecule has 11 heteroatoms. The van der Waals surface area contributed by atoms with E-state index in [0.717, 1.165) is 5.56 Å². The number of carbonyl (C=O) groups is 1. The number of benzene rings is 1. The lowest BCUT2D eigenvalue weighted by Crippen LogP contribution is -2.35. The molecule has 3 aromatic rings. The second kappa shape index (κ2) is 9.14. The molecule has 2 N–H and O–H groups in total. The zero-order valence-electron chi connectivity index (χ0n) is 19.4. The summed E-state index contributed by atoms with van der Waals surface area (Å²) in [5.74, 6) is 1.45. The van der Waals surface area contributed by atoms with Gasteiger partial charge in [-0.15, -0.1) is 9.51 Å². The van der Waals surface area contributed by atoms with E-state index in [4.69, 9.17) is 19.5 Å². The number of fused-ring (bicyclic) bond motifs is 11. The third kappa shape index (κ3) is 4.00. The molecule has 1 fully saturated rings. The number of nitrogens with zero attached hydrogens (tertiary/aromatic N) is 6. The number of aryl methyl sites for hydroxylation is 1. The maximum atomic E-state index is 12.0. The van der Waals surface area contributed by atoms with E-state index < -0.39 is 0 Å². The van der Waals surface area contributed by atoms with Crippen LogP contribution in [0.4, 0.5) is 11.6 Å². The minimum atomic E-state index is -0.169. The number of aromatic nitrogens is 3. The molecule has 0 unspecified atom stereocenters. The minimum Gasteiger partial charge on any atom is -0.487 e. The fourth-order valence-electron chi connectivity index (χ4n) is 4.90. The van der Waals surface area contributed by atoms with Crippen LogP contribution in [-0.4, -0.2) is 59.6 Å². The maximum Gasteiger partial charge on any atom is 0.306 e. The Hall–Kier alpha value is -4.14. The Morgan fingerprint density at radius 3 is 2.97 bits per heavy atom. The van der Waals surface area contributed by atoms with Crippen molar-refractivity contribution in [2.45, 2.75) is 31.4 Å². The van der Waals surface area contributed by atoms with E-state index in [1.54, 1.807) is 16.8 Å². The van der Waals surface area contributed by atoms with Crippen molar-refractivity contribution in [3.8, 4) is 11.8 Å². The predicted molar refractivity (Wildman–Crippen MR) is 125 cm³/mol. The number of carbonyl (C=O) groups excluding carboxylic acids is 1. The van der Waals surface area contributed by atoms with Gasteiger partial charge in [-0.1, -0.05) is 11.1 Å². The van der Waals surface area contributed by atoms with Crippen LogP contribution >= 0.6 is 0 Å². The number of nitrogens with one attached hydrogen (secondary N) is 1. The third-order valence-corrected chi connectivity index (χ3v) is 6.66. The first kappa shape index (κ1) is 22.3. The highest BCUT2D eigenvalue weighted by molar-refractivity contribution is 5.78. The largest absolute Gasteiger partial charge is 0.487 e. The number of hydrogen-bond donors (Lipinski definition) is 2. The highest BCUT2D eigenvalue weighted by Crippen LogP contribution is 2.28. The van der Waals surface area contributed by atoms with Crippen LogP contribution in [0.5, 0.6) is 5.75 Å². The summed E-state index contributed by atoms with van der Waals surface area (Å²) < 4.78 is 13.7. The van der Waals surface area contributed by atoms with Gasteiger partial charge in [0.15, 0.2) is 0 Å². The molecule has 36 heavy (non-hydrogen) atoms. The molecule has 5 heterocycles. The molecule has 6 rings (SSSR count). The number of hydrogen-bond acceptors (Lipinski definition) is 8. The van der Waals surface area contributed by atoms with Crippen LogP contribution in [0, 0.1) is 11.3 Å². The first-order chi connectivity index (χ1) is 17.6. The molecular formula is C25H24N7O4+. The molecule has 11 nitrogen and oxygen atoms in total. The Morgan fingerprint density at radius 1 is 1.22 bits per heavy atom. The zero-order chi connectivity index (χ0) is 24.6. The van der Waals surface area contributed by atoms with Crippen molar-refractivity contribution in [3.05, 3.63) is 58.4 Å². The summed E-state index contributed by atoms with van der Waals surface area (Å²) in [6.45, 7) is 1.21. The molecule has 1 saturated heterocycles. The Morgan fingerprint density at radius 2 is 2.11 bits per heavy atom. The van der Waals surface area contributed by atoms with E-state index in [9.17, 15) is 15.2 Å². The maximum absolute atomic E-state index is 12.0. The quantitative estimate of drug-likeness (QED) is 0.364. The molecule has 0 spiro atoms. The molecule has 0 radical (unpaired) electrons. The van der Waals surface area contributed by atoms with E-state index in [2.05, 4.69) is 16.2 Å². The van der Waals surface area contributed by atoms with Gasteiger partial charge in [-0.3, -0.25) is 4.79 Å². The lowest BCUT2D eigenvalue weighted by atomic mass is 10.1. The van der Waals surface area contributed by atoms with Crippen LogP contribution in [0.3, 0.4) is 0 Å². The summed E-state index contributed by atoms with van der Waals surface area (Å²) in [4.78, 5) is 27.9. The van der Waals surface area contributed by atoms with Crippen LogP contribution in [0.2, 0.25) is 0 Å². The first-order valence-electron chi connectivity index (χ1n) is 11.9. The SMILES string of the molecule is N#Cc1c[nH][n+]2c3cc(nc12)N1C[C@H](C[C@H]1CO)OC/C=C/COc1cc(cc2c1=NC(=O)CC2)=N3. The number of aromatic amines is 1. The van der Waals surface area contributed by atoms with Crippen molar-refractivity contribution in [3.63, 3.8) is 0 Å². The van der Waals surface area contributed by atoms with E-state index >= 15 is 0 Å². The highest BCUT2D eigenvalue weighted by Gasteiger charge is 2.35. The van der Waals surface area contributed by atoms with E-state index in [0.29, 0.717) is 78.3 Å². The molecule has 2 aromatic heterocycles. The molecule has 3 aliphatic rings. The van der Waals surface area contributed by atoms with Crippen molar-refractivity contribution < 1.29 is 23.9 Å². The van der Waals surface area contributed by atoms with Crippen molar-refractivity contribution >= 4 is 23.2 Å². The predicted octanol–water partition coefficient (Wildman–Crippen LogP) is -0.0314. The van der Waals surface area contributed by atoms with Gasteiger partial charge in [0.1, 0.15) is 34.7 Å². The molecule has 0 aliphatic carbocycles. The highest BCUT2D eigenvalue weighted by atomic mass is 16.5. The van der Waals surface area contributed by atoms with Crippen LogP contribution in [-0.2, 0) is 16.0 Å². The summed E-state index contributed by atoms with van der Waals surface area (Å²) in [5, 5.41) is 23.9. The van der Waals surface area contributed by atoms with Gasteiger partial charge in [0.2, 0.25) is 11.7 Å². The summed E-state index contributed by atoms with van der Waals surface area (Å²) in [7, 11) is 0. The first-order valence-corrected chi connectivity index (χ1v) is 11.9. The number of rotatable bonds is 1. The molecule has 182 valence electrons. The van der Waals surface area contributed by atoms with Gasteiger partial charge in [0.25, 0.3) is 5.82 Å². The van der Waals surface area contributed by atoms with Crippen LogP contribution < -0.4 is 24.9 Å². The number of H-pyrrole nitrogens is 1. The number of anilines is 1. The molecule has 0 saturated carbocycles. The normalized spacial score (nSPS) is 22.2. The van der Waals surface area contributed by atoms with Gasteiger partial charge in [0, 0.05) is 19.0 Å². The number of aliphatic hydroxyl groups is 1. The smallest absolute Gasteiger partial charge is 0.306 e. The van der Waals surface area contributed by atoms with Gasteiger partial charge in [-0.2, -0.15) is 5.26 Å². The number of ether oxygens (including phenoxy) is 2. The van der Waals surface area contributed by atoms with Crippen LogP contribution in [0.25, 0.3) is 5.65 Å². The third-order valence-electron chi connectivity index (χ3n) is 6.66. The van der Waals surface area contributed by atoms with E-state index in [1.165, 1.54) is 0 Å². The molecular weight excluding hydrogens is 462 g/mol. The fourth-order valence-corrected chi connectivity index (χ4v) is 4.90. The number of nitriles is 1. The van der Waals surface area contributed by atoms with Gasteiger partial charge in [-0.25, -0.2) is 10.1 Å². The number of amides is 1. The van der Waals surface area contributed by atoms with Crippen molar-refractivity contribution in [2.75, 3.05) is 31.3 Å². The summed E-state index contributed by atoms with van der Waals surface area (Å²) in [6.07, 6.45) is 6.81. The Kier molecular flexibility index (Phi) is 5.67. The van der Waals surface area contributed by atoms with E-state index in [-0.39, 0.29) is 24.7 Å². The van der Waals surface area contributed by atoms with Crippen molar-refractivity contribution in [2.24, 2.45) is 9.98 Å². The van der Waals surface area contributed by atoms with Crippen molar-refractivity contribution in [1.29, 1.82) is 5.26 Å². The average molecular weight is 487 g/mol. The summed E-state index contributed by atoms with van der Waals surface area (Å²) in [5.41, 5.74) is 1.71. The van der Waals surface area contributed by atoms with Gasteiger partial charge in [0.05, 0.1) is 37.6 Å². The van der Waals surface area contributed by atoms with E-state index in [1.807, 2.05) is 29.2 Å². The molecule has 1 aromatic carbocycles. The van der Waals surface area contributed by atoms with Gasteiger partial charge < -0.3 is 19.5 Å². The topological polar surface area (TPSA) is 140 Å². The van der Waals surface area contributed by atoms with Gasteiger partial charge >= 0.3 is 5.65 Å². The minimum absolute atomic E-state index is 0.0441. The lowest BCUT2D eigenvalue weighted by molar-refractivity contribution is -0.565. The lowest BCUT2D eigenvalue weighted by Gasteiger charge is -2.21. The van der Waals surface area contributed by atoms with Crippen LogP contribution in [0.15, 0.2) is 46.5 Å². The fraction of sp³-hybridized carbons (Fsp3) is 0.360. The number of aliphatic hydroxyl groups excluding tert-OH is 1. The molecule has 3 aliphatic heterocycles. The second-order valence-electron chi connectivity index (χ2n) is 8.96. The van der Waals surface area contributed by atoms with Crippen LogP contribution in [0.1, 0.15) is 24.0 Å². The summed E-state index contributed by atoms with van der Waals surface area (Å²) >= 11 is 0. The summed E-state index contributed by atoms with van der Waals surface area (Å²) in [6, 6.07) is 7.51. The molecule has 2 atom stereocenters. The standard InChI is InChI=1S/C25H23N7O4/c26-11-16-12-27-32-22-10-21(29-25(16)32)31-13-19(9-18(31)14-33)35-5-1-2-6-36-20-8-17(28-22)7-15-3-4-23(34)30-24(15)20/h1-2,7-8,10,12,18-19,33H,3-6,9,13-14H2/p+1/b2-1+,28-17?/t18-,19-/m0/s1. The monoisotopic (exact) mass is 486 g/mol. The van der Waals surface area contributed by atoms with Gasteiger partial charge in [-0.05, 0) is 30.5 Å². The Bertz CT molecular complexity index is 1560. The average Bonchev–Trinajstić information content (AvgIpc) is 3.49. The Labute approximate surface area is 205 Å². The Balaban J connectivity index is 1.59. The molecule has 1 amide bonds. The zero-order valence-corrected chi connectivity index (χ0v) is 19.4. The molecule has 6 bridgehead atoms. The second-order valence-corrected chi connectivity index (χ2v) is 8.96.